The van der Waals surface area contributed by atoms with Crippen LogP contribution in [0.3, 0.4) is 0 Å². The van der Waals surface area contributed by atoms with Gasteiger partial charge < -0.3 is 4.74 Å². The standard InChI is InChI=1S/C14H13NO5S3/c1-20-11-5-2-9(3-6-11)12-7-4-10-8-13(23(15,18)19)21-14(10)22(12,16)17/h2-8,14H,1H3,(H2,15,18,19). The maximum absolute atomic E-state index is 12.8. The molecule has 0 amide bonds. The molecule has 3 rings (SSSR count). The minimum atomic E-state index is -3.92. The fourth-order valence-electron chi connectivity index (χ4n) is 2.33. The van der Waals surface area contributed by atoms with Crippen molar-refractivity contribution in [2.75, 3.05) is 7.11 Å². The molecule has 2 aliphatic rings. The summed E-state index contributed by atoms with van der Waals surface area (Å²) in [5, 5.41) is 5.09. The second-order valence-electron chi connectivity index (χ2n) is 4.93. The van der Waals surface area contributed by atoms with Gasteiger partial charge in [0, 0.05) is 0 Å². The Labute approximate surface area is 138 Å². The molecule has 0 aliphatic carbocycles. The lowest BCUT2D eigenvalue weighted by atomic mass is 10.1. The highest BCUT2D eigenvalue weighted by Crippen LogP contribution is 2.47. The predicted molar refractivity (Wildman–Crippen MR) is 90.5 cm³/mol. The van der Waals surface area contributed by atoms with Gasteiger partial charge in [-0.15, -0.1) is 0 Å². The van der Waals surface area contributed by atoms with E-state index in [9.17, 15) is 16.8 Å². The molecule has 0 saturated heterocycles. The first kappa shape index (κ1) is 16.3. The molecule has 122 valence electrons. The van der Waals surface area contributed by atoms with Crippen molar-refractivity contribution in [2.45, 2.75) is 4.58 Å². The Kier molecular flexibility index (Phi) is 3.91. The monoisotopic (exact) mass is 371 g/mol. The molecule has 1 unspecified atom stereocenters. The van der Waals surface area contributed by atoms with Gasteiger partial charge in [0.2, 0.25) is 10.0 Å². The number of primary sulfonamides is 1. The molecule has 0 aromatic heterocycles. The number of sulfonamides is 1. The lowest BCUT2D eigenvalue weighted by Crippen LogP contribution is -2.21. The normalized spacial score (nSPS) is 22.7. The van der Waals surface area contributed by atoms with E-state index >= 15 is 0 Å². The Morgan fingerprint density at radius 2 is 1.83 bits per heavy atom. The summed E-state index contributed by atoms with van der Waals surface area (Å²) in [6, 6.07) is 6.63. The quantitative estimate of drug-likeness (QED) is 0.865. The number of fused-ring (bicyclic) bond motifs is 1. The van der Waals surface area contributed by atoms with Crippen molar-refractivity contribution in [3.63, 3.8) is 0 Å². The fourth-order valence-corrected chi connectivity index (χ4v) is 6.92. The molecule has 0 radical (unpaired) electrons. The van der Waals surface area contributed by atoms with Crippen LogP contribution >= 0.6 is 11.8 Å². The van der Waals surface area contributed by atoms with E-state index in [2.05, 4.69) is 0 Å². The molecule has 1 aromatic carbocycles. The first-order valence-electron chi connectivity index (χ1n) is 6.45. The van der Waals surface area contributed by atoms with Gasteiger partial charge >= 0.3 is 0 Å². The summed E-state index contributed by atoms with van der Waals surface area (Å²) in [5.74, 6) is 0.618. The van der Waals surface area contributed by atoms with Crippen LogP contribution in [0.15, 0.2) is 52.3 Å². The van der Waals surface area contributed by atoms with E-state index in [1.54, 1.807) is 30.3 Å². The molecule has 1 aromatic rings. The molecule has 2 aliphatic heterocycles. The number of ether oxygens (including phenoxy) is 1. The number of sulfone groups is 1. The number of thioether (sulfide) groups is 1. The Morgan fingerprint density at radius 3 is 2.39 bits per heavy atom. The first-order valence-corrected chi connectivity index (χ1v) is 10.4. The second kappa shape index (κ2) is 5.52. The first-order chi connectivity index (χ1) is 10.7. The Balaban J connectivity index is 2.04. The molecule has 0 saturated carbocycles. The minimum Gasteiger partial charge on any atom is -0.497 e. The van der Waals surface area contributed by atoms with Crippen LogP contribution in [0.5, 0.6) is 5.75 Å². The van der Waals surface area contributed by atoms with Gasteiger partial charge in [-0.2, -0.15) is 0 Å². The third kappa shape index (κ3) is 2.85. The Bertz CT molecular complexity index is 954. The number of hydrogen-bond acceptors (Lipinski definition) is 6. The molecule has 0 bridgehead atoms. The third-order valence-corrected chi connectivity index (χ3v) is 8.82. The summed E-state index contributed by atoms with van der Waals surface area (Å²) >= 11 is 0.741. The van der Waals surface area contributed by atoms with Crippen LogP contribution in [0, 0.1) is 0 Å². The van der Waals surface area contributed by atoms with Crippen LogP contribution in [0.1, 0.15) is 5.56 Å². The summed E-state index contributed by atoms with van der Waals surface area (Å²) in [6.45, 7) is 0. The van der Waals surface area contributed by atoms with Gasteiger partial charge in [0.25, 0.3) is 0 Å². The molecule has 23 heavy (non-hydrogen) atoms. The van der Waals surface area contributed by atoms with E-state index in [1.807, 2.05) is 0 Å². The van der Waals surface area contributed by atoms with E-state index in [4.69, 9.17) is 9.88 Å². The van der Waals surface area contributed by atoms with Crippen molar-refractivity contribution in [3.05, 3.63) is 57.9 Å². The van der Waals surface area contributed by atoms with Crippen LogP contribution < -0.4 is 9.88 Å². The Hall–Kier alpha value is -1.55. The van der Waals surface area contributed by atoms with E-state index in [0.29, 0.717) is 16.9 Å². The minimum absolute atomic E-state index is 0.137. The van der Waals surface area contributed by atoms with Gasteiger partial charge in [0.1, 0.15) is 14.6 Å². The van der Waals surface area contributed by atoms with Crippen molar-refractivity contribution in [3.8, 4) is 5.75 Å². The SMILES string of the molecule is COc1ccc(C2=CC=C3C=C(S(N)(=O)=O)SC3S2(=O)=O)cc1. The smallest absolute Gasteiger partial charge is 0.244 e. The molecule has 9 heteroatoms. The Morgan fingerprint density at radius 1 is 1.17 bits per heavy atom. The average molecular weight is 371 g/mol. The number of methoxy groups -OCH3 is 1. The summed E-state index contributed by atoms with van der Waals surface area (Å²) in [5.41, 5.74) is 0.932. The number of allylic oxidation sites excluding steroid dienone is 3. The number of benzene rings is 1. The van der Waals surface area contributed by atoms with Crippen LogP contribution in [0.2, 0.25) is 0 Å². The van der Waals surface area contributed by atoms with Crippen molar-refractivity contribution in [1.29, 1.82) is 0 Å². The largest absolute Gasteiger partial charge is 0.497 e. The van der Waals surface area contributed by atoms with Crippen molar-refractivity contribution < 1.29 is 21.6 Å². The summed E-state index contributed by atoms with van der Waals surface area (Å²) in [6.07, 6.45) is 4.39. The number of rotatable bonds is 3. The van der Waals surface area contributed by atoms with E-state index in [0.717, 1.165) is 11.8 Å². The second-order valence-corrected chi connectivity index (χ2v) is 10.2. The zero-order valence-corrected chi connectivity index (χ0v) is 14.4. The average Bonchev–Trinajstić information content (AvgIpc) is 2.93. The van der Waals surface area contributed by atoms with Crippen LogP contribution in [0.25, 0.3) is 4.91 Å². The van der Waals surface area contributed by atoms with Gasteiger partial charge in [-0.1, -0.05) is 17.8 Å². The van der Waals surface area contributed by atoms with Gasteiger partial charge in [0.05, 0.1) is 12.0 Å². The molecule has 1 atom stereocenters. The number of hydrogen-bond donors (Lipinski definition) is 1. The van der Waals surface area contributed by atoms with Gasteiger partial charge in [0.15, 0.2) is 9.84 Å². The molecular weight excluding hydrogens is 358 g/mol. The van der Waals surface area contributed by atoms with E-state index in [1.165, 1.54) is 19.3 Å². The lowest BCUT2D eigenvalue weighted by molar-refractivity contribution is 0.415. The third-order valence-electron chi connectivity index (χ3n) is 3.45. The van der Waals surface area contributed by atoms with Crippen LogP contribution in [-0.2, 0) is 19.9 Å². The lowest BCUT2D eigenvalue weighted by Gasteiger charge is -2.19. The maximum Gasteiger partial charge on any atom is 0.244 e. The fraction of sp³-hybridized carbons (Fsp3) is 0.143. The van der Waals surface area contributed by atoms with Gasteiger partial charge in [-0.3, -0.25) is 0 Å². The summed E-state index contributed by atoms with van der Waals surface area (Å²) in [7, 11) is -6.12. The zero-order chi connectivity index (χ0) is 16.8. The van der Waals surface area contributed by atoms with Gasteiger partial charge in [-0.05, 0) is 47.6 Å². The zero-order valence-electron chi connectivity index (χ0n) is 12.0. The van der Waals surface area contributed by atoms with Crippen molar-refractivity contribution in [1.82, 2.24) is 0 Å². The van der Waals surface area contributed by atoms with E-state index < -0.39 is 24.4 Å². The van der Waals surface area contributed by atoms with E-state index in [-0.39, 0.29) is 9.14 Å². The highest BCUT2D eigenvalue weighted by atomic mass is 32.3. The molecule has 0 fully saturated rings. The maximum atomic E-state index is 12.8. The molecular formula is C14H13NO5S3. The highest BCUT2D eigenvalue weighted by Gasteiger charge is 2.41. The summed E-state index contributed by atoms with van der Waals surface area (Å²) in [4.78, 5) is 0.144. The van der Waals surface area contributed by atoms with Crippen LogP contribution in [-0.4, -0.2) is 28.5 Å². The van der Waals surface area contributed by atoms with Gasteiger partial charge in [-0.25, -0.2) is 22.0 Å². The molecule has 6 nitrogen and oxygen atoms in total. The molecule has 2 heterocycles. The van der Waals surface area contributed by atoms with Crippen molar-refractivity contribution >= 4 is 36.5 Å². The summed E-state index contributed by atoms with van der Waals surface area (Å²) < 4.78 is 52.4. The van der Waals surface area contributed by atoms with Crippen molar-refractivity contribution in [2.24, 2.45) is 5.14 Å². The topological polar surface area (TPSA) is 104 Å². The molecule has 0 spiro atoms. The predicted octanol–water partition coefficient (Wildman–Crippen LogP) is 1.59. The number of nitrogens with two attached hydrogens (primary N) is 1. The van der Waals surface area contributed by atoms with Crippen LogP contribution in [0.4, 0.5) is 0 Å². The molecule has 2 N–H and O–H groups in total. The highest BCUT2D eigenvalue weighted by molar-refractivity contribution is 8.26.